The number of Topliss-reactive ketones (excluding diaryl/α,β-unsaturated/α-hetero) is 1. The Morgan fingerprint density at radius 3 is 2.05 bits per heavy atom. The number of nitrogens with one attached hydrogen (secondary N) is 3. The van der Waals surface area contributed by atoms with Gasteiger partial charge in [0.05, 0.1) is 0 Å². The maximum Gasteiger partial charge on any atom is 0.408 e. The average molecular weight is 544 g/mol. The number of halogens is 2. The van der Waals surface area contributed by atoms with E-state index in [9.17, 15) is 37.5 Å². The van der Waals surface area contributed by atoms with Gasteiger partial charge in [-0.1, -0.05) is 50.6 Å². The second-order valence-electron chi connectivity index (χ2n) is 8.42. The minimum Gasteiger partial charge on any atom is -0.481 e. The van der Waals surface area contributed by atoms with Gasteiger partial charge in [0, 0.05) is 12.8 Å². The molecule has 0 fully saturated rings. The van der Waals surface area contributed by atoms with Crippen LogP contribution in [0, 0.1) is 5.92 Å². The molecular formula is C24H31F2N3O9. The van der Waals surface area contributed by atoms with Gasteiger partial charge in [-0.05, 0) is 17.9 Å². The van der Waals surface area contributed by atoms with Crippen molar-refractivity contribution in [3.63, 3.8) is 0 Å². The smallest absolute Gasteiger partial charge is 0.408 e. The van der Waals surface area contributed by atoms with E-state index in [4.69, 9.17) is 14.9 Å². The number of alkyl halides is 2. The predicted molar refractivity (Wildman–Crippen MR) is 127 cm³/mol. The third-order valence-corrected chi connectivity index (χ3v) is 5.52. The van der Waals surface area contributed by atoms with Crippen LogP contribution >= 0.6 is 0 Å². The molecule has 1 aromatic rings. The van der Waals surface area contributed by atoms with Gasteiger partial charge in [-0.15, -0.1) is 0 Å². The lowest BCUT2D eigenvalue weighted by molar-refractivity contribution is -0.151. The van der Waals surface area contributed by atoms with E-state index in [1.807, 2.05) is 5.32 Å². The molecular weight excluding hydrogens is 512 g/mol. The van der Waals surface area contributed by atoms with Gasteiger partial charge in [-0.2, -0.15) is 0 Å². The van der Waals surface area contributed by atoms with Gasteiger partial charge in [0.25, 0.3) is 5.78 Å². The summed E-state index contributed by atoms with van der Waals surface area (Å²) in [4.78, 5) is 71.9. The van der Waals surface area contributed by atoms with Crippen LogP contribution in [0.15, 0.2) is 30.3 Å². The van der Waals surface area contributed by atoms with E-state index in [2.05, 4.69) is 10.6 Å². The molecule has 4 atom stereocenters. The maximum atomic E-state index is 13.0. The Bertz CT molecular complexity index is 992. The van der Waals surface area contributed by atoms with Crippen molar-refractivity contribution in [1.82, 2.24) is 16.0 Å². The van der Waals surface area contributed by atoms with Crippen LogP contribution in [0.5, 0.6) is 0 Å². The first kappa shape index (κ1) is 31.9. The van der Waals surface area contributed by atoms with Crippen LogP contribution in [0.25, 0.3) is 0 Å². The van der Waals surface area contributed by atoms with E-state index in [1.165, 1.54) is 0 Å². The zero-order valence-electron chi connectivity index (χ0n) is 20.8. The summed E-state index contributed by atoms with van der Waals surface area (Å²) in [6.45, 7) is 3.26. The fourth-order valence-corrected chi connectivity index (χ4v) is 3.22. The van der Waals surface area contributed by atoms with E-state index < -0.39 is 85.4 Å². The molecule has 4 unspecified atom stereocenters. The van der Waals surface area contributed by atoms with E-state index in [-0.39, 0.29) is 6.61 Å². The number of carboxylic acid groups (broad SMARTS) is 2. The molecule has 0 saturated carbocycles. The molecule has 0 aliphatic heterocycles. The minimum atomic E-state index is -3.14. The Balaban J connectivity index is 3.02. The second-order valence-corrected chi connectivity index (χ2v) is 8.42. The molecule has 0 radical (unpaired) electrons. The first-order chi connectivity index (χ1) is 17.8. The van der Waals surface area contributed by atoms with Crippen molar-refractivity contribution in [2.24, 2.45) is 5.92 Å². The molecule has 0 aliphatic rings. The van der Waals surface area contributed by atoms with Crippen LogP contribution in [0.2, 0.25) is 0 Å². The Morgan fingerprint density at radius 2 is 1.53 bits per heavy atom. The quantitative estimate of drug-likeness (QED) is 0.192. The third-order valence-electron chi connectivity index (χ3n) is 5.52. The standard InChI is InChI=1S/C24H31F2N3O9/c1-3-13(2)19(29-24(37)38-12-14-7-5-4-6-8-14)22(34)27-15(9-10-18(30)31)21(33)28-16(11-17(25)26)20(32)23(35)36/h4-8,13,15-17,19H,3,9-12H2,1-2H3,(H,27,34)(H,28,33)(H,29,37)(H,30,31)(H,35,36). The number of hydrogen-bond donors (Lipinski definition) is 5. The Labute approximate surface area is 217 Å². The number of amides is 3. The van der Waals surface area contributed by atoms with Crippen molar-refractivity contribution in [3.05, 3.63) is 35.9 Å². The highest BCUT2D eigenvalue weighted by Crippen LogP contribution is 2.12. The van der Waals surface area contributed by atoms with Crippen LogP contribution in [0.1, 0.15) is 45.1 Å². The Morgan fingerprint density at radius 1 is 0.921 bits per heavy atom. The van der Waals surface area contributed by atoms with E-state index in [0.29, 0.717) is 12.0 Å². The van der Waals surface area contributed by atoms with Gasteiger partial charge >= 0.3 is 18.0 Å². The summed E-state index contributed by atoms with van der Waals surface area (Å²) in [5, 5.41) is 24.4. The zero-order valence-corrected chi connectivity index (χ0v) is 20.8. The number of aliphatic carboxylic acids is 2. The summed E-state index contributed by atoms with van der Waals surface area (Å²) >= 11 is 0. The summed E-state index contributed by atoms with van der Waals surface area (Å²) in [6.07, 6.45) is -6.14. The number of rotatable bonds is 16. The number of alkyl carbamates (subject to hydrolysis) is 1. The molecule has 5 N–H and O–H groups in total. The number of carboxylic acids is 2. The number of benzene rings is 1. The lowest BCUT2D eigenvalue weighted by Crippen LogP contribution is -2.57. The molecule has 3 amide bonds. The molecule has 0 aromatic heterocycles. The van der Waals surface area contributed by atoms with Crippen LogP contribution < -0.4 is 16.0 Å². The first-order valence-electron chi connectivity index (χ1n) is 11.7. The fraction of sp³-hybridized carbons (Fsp3) is 0.500. The fourth-order valence-electron chi connectivity index (χ4n) is 3.22. The summed E-state index contributed by atoms with van der Waals surface area (Å²) in [5.74, 6) is -7.74. The van der Waals surface area contributed by atoms with Crippen molar-refractivity contribution in [3.8, 4) is 0 Å². The van der Waals surface area contributed by atoms with Gasteiger partial charge < -0.3 is 30.9 Å². The minimum absolute atomic E-state index is 0.0890. The first-order valence-corrected chi connectivity index (χ1v) is 11.7. The summed E-state index contributed by atoms with van der Waals surface area (Å²) in [6, 6.07) is 3.70. The molecule has 0 heterocycles. The highest BCUT2D eigenvalue weighted by atomic mass is 19.3. The van der Waals surface area contributed by atoms with Crippen molar-refractivity contribution in [2.45, 2.75) is 70.7 Å². The monoisotopic (exact) mass is 543 g/mol. The highest BCUT2D eigenvalue weighted by Gasteiger charge is 2.34. The lowest BCUT2D eigenvalue weighted by Gasteiger charge is -2.27. The van der Waals surface area contributed by atoms with E-state index >= 15 is 0 Å². The largest absolute Gasteiger partial charge is 0.481 e. The number of carbonyl (C=O) groups excluding carboxylic acids is 4. The van der Waals surface area contributed by atoms with Crippen molar-refractivity contribution in [2.75, 3.05) is 0 Å². The summed E-state index contributed by atoms with van der Waals surface area (Å²) in [5.41, 5.74) is 0.687. The van der Waals surface area contributed by atoms with Crippen LogP contribution in [0.4, 0.5) is 13.6 Å². The second kappa shape index (κ2) is 15.9. The van der Waals surface area contributed by atoms with Gasteiger partial charge in [-0.3, -0.25) is 19.2 Å². The highest BCUT2D eigenvalue weighted by molar-refractivity contribution is 6.35. The van der Waals surface area contributed by atoms with E-state index in [1.54, 1.807) is 44.2 Å². The summed E-state index contributed by atoms with van der Waals surface area (Å²) < 4.78 is 30.8. The predicted octanol–water partition coefficient (Wildman–Crippen LogP) is 1.47. The van der Waals surface area contributed by atoms with E-state index in [0.717, 1.165) is 0 Å². The van der Waals surface area contributed by atoms with Gasteiger partial charge in [0.2, 0.25) is 18.2 Å². The van der Waals surface area contributed by atoms with Gasteiger partial charge in [-0.25, -0.2) is 18.4 Å². The number of carbonyl (C=O) groups is 6. The van der Waals surface area contributed by atoms with Crippen LogP contribution in [0.3, 0.4) is 0 Å². The molecule has 210 valence electrons. The molecule has 38 heavy (non-hydrogen) atoms. The number of hydrogen-bond acceptors (Lipinski definition) is 7. The SMILES string of the molecule is CCC(C)C(NC(=O)OCc1ccccc1)C(=O)NC(CCC(=O)O)C(=O)NC(CC(F)F)C(=O)C(=O)O. The Hall–Kier alpha value is -4.10. The van der Waals surface area contributed by atoms with Gasteiger partial charge in [0.1, 0.15) is 24.7 Å². The van der Waals surface area contributed by atoms with Crippen molar-refractivity contribution >= 4 is 35.6 Å². The average Bonchev–Trinajstić information content (AvgIpc) is 2.86. The number of ether oxygens (including phenoxy) is 1. The molecule has 0 aliphatic carbocycles. The number of ketones is 1. The van der Waals surface area contributed by atoms with Crippen molar-refractivity contribution < 1.29 is 52.5 Å². The normalized spacial score (nSPS) is 13.9. The summed E-state index contributed by atoms with van der Waals surface area (Å²) in [7, 11) is 0. The molecule has 1 rings (SSSR count). The lowest BCUT2D eigenvalue weighted by atomic mass is 9.97. The molecule has 0 bridgehead atoms. The van der Waals surface area contributed by atoms with Crippen molar-refractivity contribution in [1.29, 1.82) is 0 Å². The molecule has 0 spiro atoms. The molecule has 12 nitrogen and oxygen atoms in total. The third kappa shape index (κ3) is 11.3. The molecule has 14 heteroatoms. The molecule has 0 saturated heterocycles. The van der Waals surface area contributed by atoms with Crippen LogP contribution in [-0.2, 0) is 35.3 Å². The Kier molecular flexibility index (Phi) is 13.4. The van der Waals surface area contributed by atoms with Crippen LogP contribution in [-0.4, -0.2) is 70.4 Å². The molecule has 1 aromatic carbocycles. The van der Waals surface area contributed by atoms with Gasteiger partial charge in [0.15, 0.2) is 0 Å². The maximum absolute atomic E-state index is 13.0. The topological polar surface area (TPSA) is 188 Å². The zero-order chi connectivity index (χ0) is 28.8.